The molecule has 0 aliphatic heterocycles. The van der Waals surface area contributed by atoms with Gasteiger partial charge in [0.15, 0.2) is 0 Å². The highest BCUT2D eigenvalue weighted by Crippen LogP contribution is 2.41. The maximum absolute atomic E-state index is 12.1. The van der Waals surface area contributed by atoms with Crippen LogP contribution >= 0.6 is 0 Å². The molecule has 0 heterocycles. The average Bonchev–Trinajstić information content (AvgIpc) is 2.01. The van der Waals surface area contributed by atoms with Gasteiger partial charge in [0.05, 0.1) is 12.0 Å². The molecule has 2 nitrogen and oxygen atoms in total. The third-order valence-corrected chi connectivity index (χ3v) is 3.16. The maximum atomic E-state index is 12.1. The zero-order valence-corrected chi connectivity index (χ0v) is 10.6. The molecule has 0 saturated carbocycles. The lowest BCUT2D eigenvalue weighted by molar-refractivity contribution is -0.141. The van der Waals surface area contributed by atoms with E-state index in [4.69, 9.17) is 4.74 Å². The summed E-state index contributed by atoms with van der Waals surface area (Å²) < 4.78 is 5.18. The van der Waals surface area contributed by atoms with E-state index in [1.807, 2.05) is 20.8 Å². The second-order valence-electron chi connectivity index (χ2n) is 5.53. The summed E-state index contributed by atoms with van der Waals surface area (Å²) in [5.74, 6) is 0.348. The predicted molar refractivity (Wildman–Crippen MR) is 59.3 cm³/mol. The molecule has 1 atom stereocenters. The van der Waals surface area contributed by atoms with Gasteiger partial charge >= 0.3 is 0 Å². The molecule has 0 N–H and O–H groups in total. The first-order chi connectivity index (χ1) is 6.16. The van der Waals surface area contributed by atoms with Crippen LogP contribution in [-0.4, -0.2) is 19.5 Å². The van der Waals surface area contributed by atoms with E-state index in [-0.39, 0.29) is 17.1 Å². The van der Waals surface area contributed by atoms with Crippen LogP contribution in [-0.2, 0) is 9.53 Å². The first-order valence-corrected chi connectivity index (χ1v) is 5.20. The van der Waals surface area contributed by atoms with Gasteiger partial charge in [-0.05, 0) is 12.3 Å². The van der Waals surface area contributed by atoms with Crippen molar-refractivity contribution in [1.29, 1.82) is 0 Å². The Hall–Kier alpha value is -0.370. The molecule has 0 rings (SSSR count). The fourth-order valence-electron chi connectivity index (χ4n) is 1.58. The molecule has 0 fully saturated rings. The van der Waals surface area contributed by atoms with Crippen LogP contribution in [0.5, 0.6) is 0 Å². The van der Waals surface area contributed by atoms with Gasteiger partial charge in [-0.1, -0.05) is 34.6 Å². The van der Waals surface area contributed by atoms with Gasteiger partial charge in [-0.15, -0.1) is 0 Å². The molecule has 2 heteroatoms. The van der Waals surface area contributed by atoms with E-state index in [0.29, 0.717) is 6.61 Å². The molecule has 0 bridgehead atoms. The van der Waals surface area contributed by atoms with Crippen molar-refractivity contribution in [3.63, 3.8) is 0 Å². The molecule has 0 radical (unpaired) electrons. The Kier molecular flexibility index (Phi) is 4.32. The monoisotopic (exact) mass is 200 g/mol. The van der Waals surface area contributed by atoms with Crippen LogP contribution in [0.4, 0.5) is 0 Å². The quantitative estimate of drug-likeness (QED) is 0.697. The minimum absolute atomic E-state index is 0.0642. The standard InChI is InChI=1S/C12H24O2/c1-9(2)10(13)12(6,8-14-7)11(3,4)5/h9H,8H2,1-7H3. The molecular weight excluding hydrogens is 176 g/mol. The maximum Gasteiger partial charge on any atom is 0.144 e. The highest BCUT2D eigenvalue weighted by molar-refractivity contribution is 5.87. The van der Waals surface area contributed by atoms with Crippen molar-refractivity contribution in [2.45, 2.75) is 41.5 Å². The molecule has 0 aromatic carbocycles. The fourth-order valence-corrected chi connectivity index (χ4v) is 1.58. The Morgan fingerprint density at radius 3 is 1.86 bits per heavy atom. The van der Waals surface area contributed by atoms with Crippen molar-refractivity contribution in [2.75, 3.05) is 13.7 Å². The summed E-state index contributed by atoms with van der Waals surface area (Å²) in [4.78, 5) is 12.1. The summed E-state index contributed by atoms with van der Waals surface area (Å²) in [5.41, 5.74) is -0.458. The molecule has 84 valence electrons. The van der Waals surface area contributed by atoms with Crippen LogP contribution in [0.15, 0.2) is 0 Å². The molecule has 0 aromatic rings. The first kappa shape index (κ1) is 13.6. The van der Waals surface area contributed by atoms with Gasteiger partial charge in [0, 0.05) is 13.0 Å². The van der Waals surface area contributed by atoms with Crippen molar-refractivity contribution in [3.8, 4) is 0 Å². The molecule has 0 saturated heterocycles. The molecule has 0 aliphatic rings. The number of ether oxygens (including phenoxy) is 1. The Bertz CT molecular complexity index is 201. The number of rotatable bonds is 4. The molecule has 14 heavy (non-hydrogen) atoms. The average molecular weight is 200 g/mol. The summed E-state index contributed by atoms with van der Waals surface area (Å²) in [6.07, 6.45) is 0. The lowest BCUT2D eigenvalue weighted by Gasteiger charge is -2.41. The normalized spacial score (nSPS) is 16.9. The number of methoxy groups -OCH3 is 1. The van der Waals surface area contributed by atoms with E-state index in [1.165, 1.54) is 0 Å². The van der Waals surface area contributed by atoms with Gasteiger partial charge in [-0.2, -0.15) is 0 Å². The molecule has 0 spiro atoms. The van der Waals surface area contributed by atoms with Crippen LogP contribution in [0.25, 0.3) is 0 Å². The number of Topliss-reactive ketones (excluding diaryl/α,β-unsaturated/α-hetero) is 1. The van der Waals surface area contributed by atoms with Crippen molar-refractivity contribution >= 4 is 5.78 Å². The third-order valence-electron chi connectivity index (χ3n) is 3.16. The Labute approximate surface area is 88.0 Å². The van der Waals surface area contributed by atoms with Crippen molar-refractivity contribution in [2.24, 2.45) is 16.7 Å². The van der Waals surface area contributed by atoms with Crippen LogP contribution in [0.3, 0.4) is 0 Å². The highest BCUT2D eigenvalue weighted by atomic mass is 16.5. The van der Waals surface area contributed by atoms with E-state index in [2.05, 4.69) is 20.8 Å². The Balaban J connectivity index is 5.00. The smallest absolute Gasteiger partial charge is 0.144 e. The van der Waals surface area contributed by atoms with E-state index in [9.17, 15) is 4.79 Å². The SMILES string of the molecule is COCC(C)(C(=O)C(C)C)C(C)(C)C. The molecule has 0 aliphatic carbocycles. The minimum atomic E-state index is -0.393. The van der Waals surface area contributed by atoms with Crippen molar-refractivity contribution in [3.05, 3.63) is 0 Å². The van der Waals surface area contributed by atoms with Gasteiger partial charge in [0.25, 0.3) is 0 Å². The number of hydrogen-bond acceptors (Lipinski definition) is 2. The largest absolute Gasteiger partial charge is 0.384 e. The van der Waals surface area contributed by atoms with Crippen LogP contribution in [0, 0.1) is 16.7 Å². The first-order valence-electron chi connectivity index (χ1n) is 5.20. The molecular formula is C12H24O2. The molecule has 0 aromatic heterocycles. The highest BCUT2D eigenvalue weighted by Gasteiger charge is 2.44. The number of carbonyl (C=O) groups excluding carboxylic acids is 1. The van der Waals surface area contributed by atoms with Crippen LogP contribution < -0.4 is 0 Å². The zero-order chi connectivity index (χ0) is 11.6. The third kappa shape index (κ3) is 2.57. The summed E-state index contributed by atoms with van der Waals surface area (Å²) >= 11 is 0. The second-order valence-corrected chi connectivity index (χ2v) is 5.53. The van der Waals surface area contributed by atoms with Gasteiger partial charge in [0.2, 0.25) is 0 Å². The fraction of sp³-hybridized carbons (Fsp3) is 0.917. The summed E-state index contributed by atoms with van der Waals surface area (Å²) in [6.45, 7) is 12.7. The van der Waals surface area contributed by atoms with E-state index < -0.39 is 5.41 Å². The second kappa shape index (κ2) is 4.43. The van der Waals surface area contributed by atoms with Gasteiger partial charge < -0.3 is 4.74 Å². The molecule has 1 unspecified atom stereocenters. The summed E-state index contributed by atoms with van der Waals surface area (Å²) in [6, 6.07) is 0. The van der Waals surface area contributed by atoms with Crippen molar-refractivity contribution in [1.82, 2.24) is 0 Å². The van der Waals surface area contributed by atoms with Gasteiger partial charge in [-0.3, -0.25) is 4.79 Å². The number of ketones is 1. The predicted octanol–water partition coefficient (Wildman–Crippen LogP) is 2.91. The topological polar surface area (TPSA) is 26.3 Å². The number of hydrogen-bond donors (Lipinski definition) is 0. The van der Waals surface area contributed by atoms with Gasteiger partial charge in [0.1, 0.15) is 5.78 Å². The lowest BCUT2D eigenvalue weighted by atomic mass is 9.64. The van der Waals surface area contributed by atoms with Crippen LogP contribution in [0.1, 0.15) is 41.5 Å². The molecule has 0 amide bonds. The lowest BCUT2D eigenvalue weighted by Crippen LogP contribution is -2.46. The van der Waals surface area contributed by atoms with Crippen molar-refractivity contribution < 1.29 is 9.53 Å². The van der Waals surface area contributed by atoms with Crippen LogP contribution in [0.2, 0.25) is 0 Å². The van der Waals surface area contributed by atoms with Gasteiger partial charge in [-0.25, -0.2) is 0 Å². The van der Waals surface area contributed by atoms with E-state index in [1.54, 1.807) is 7.11 Å². The zero-order valence-electron chi connectivity index (χ0n) is 10.6. The minimum Gasteiger partial charge on any atom is -0.384 e. The van der Waals surface area contributed by atoms with E-state index >= 15 is 0 Å². The summed E-state index contributed by atoms with van der Waals surface area (Å²) in [7, 11) is 1.65. The number of carbonyl (C=O) groups is 1. The summed E-state index contributed by atoms with van der Waals surface area (Å²) in [5, 5.41) is 0. The van der Waals surface area contributed by atoms with E-state index in [0.717, 1.165) is 0 Å². The Morgan fingerprint density at radius 1 is 1.21 bits per heavy atom. The Morgan fingerprint density at radius 2 is 1.64 bits per heavy atom.